The predicted molar refractivity (Wildman–Crippen MR) is 113 cm³/mol. The topological polar surface area (TPSA) is 40.5 Å². The van der Waals surface area contributed by atoms with Crippen molar-refractivity contribution in [3.63, 3.8) is 0 Å². The fraction of sp³-hybridized carbons (Fsp3) is 0.409. The average molecular weight is 466 g/mol. The van der Waals surface area contributed by atoms with Gasteiger partial charge in [0.1, 0.15) is 0 Å². The molecule has 2 aromatic carbocycles. The number of nitrogens with zero attached hydrogens (tertiary/aromatic N) is 1. The summed E-state index contributed by atoms with van der Waals surface area (Å²) in [5.74, 6) is -1.20. The molecular weight excluding hydrogens is 440 g/mol. The maximum atomic E-state index is 15.2. The van der Waals surface area contributed by atoms with E-state index in [0.717, 1.165) is 21.4 Å². The minimum atomic E-state index is -0.757. The molecule has 3 unspecified atom stereocenters. The van der Waals surface area contributed by atoms with Crippen LogP contribution in [0.4, 0.5) is 4.39 Å². The third-order valence-corrected chi connectivity index (χ3v) is 9.59. The van der Waals surface area contributed by atoms with Gasteiger partial charge >= 0.3 is 178 Å². The number of halogens is 2. The van der Waals surface area contributed by atoms with Crippen molar-refractivity contribution < 1.29 is 14.3 Å². The summed E-state index contributed by atoms with van der Waals surface area (Å²) >= 11 is 5.44. The molecule has 6 heteroatoms. The fourth-order valence-electron chi connectivity index (χ4n) is 3.73. The molecule has 28 heavy (non-hydrogen) atoms. The van der Waals surface area contributed by atoms with E-state index in [1.165, 1.54) is 5.56 Å². The van der Waals surface area contributed by atoms with Crippen LogP contribution in [0.1, 0.15) is 41.2 Å². The Morgan fingerprint density at radius 3 is 2.82 bits per heavy atom. The first-order valence-electron chi connectivity index (χ1n) is 9.64. The van der Waals surface area contributed by atoms with Gasteiger partial charge in [-0.3, -0.25) is 0 Å². The normalized spacial score (nSPS) is 18.8. The number of hydrogen-bond donors (Lipinski definition) is 1. The van der Waals surface area contributed by atoms with E-state index in [2.05, 4.69) is 19.1 Å². The Bertz CT molecular complexity index is 860. The number of aryl methyl sites for hydroxylation is 1. The summed E-state index contributed by atoms with van der Waals surface area (Å²) in [4.78, 5) is 13.2. The van der Waals surface area contributed by atoms with Crippen molar-refractivity contribution in [1.82, 2.24) is 4.90 Å². The molecule has 0 saturated carbocycles. The Labute approximate surface area is 177 Å². The summed E-state index contributed by atoms with van der Waals surface area (Å²) in [5, 5.41) is 9.92. The molecule has 0 aliphatic carbocycles. The first kappa shape index (κ1) is 21.4. The minimum absolute atomic E-state index is 0.106. The van der Waals surface area contributed by atoms with Gasteiger partial charge in [-0.25, -0.2) is 0 Å². The van der Waals surface area contributed by atoms with Crippen molar-refractivity contribution >= 4 is 37.7 Å². The van der Waals surface area contributed by atoms with Gasteiger partial charge in [0.2, 0.25) is 0 Å². The molecule has 1 saturated heterocycles. The number of carboxylic acids is 1. The molecule has 1 N–H and O–H groups in total. The van der Waals surface area contributed by atoms with Crippen LogP contribution >= 0.6 is 11.6 Å². The van der Waals surface area contributed by atoms with Gasteiger partial charge in [0.05, 0.1) is 0 Å². The van der Waals surface area contributed by atoms with Crippen LogP contribution < -0.4 is 4.35 Å². The second-order valence-corrected chi connectivity index (χ2v) is 11.1. The van der Waals surface area contributed by atoms with Crippen LogP contribution in [-0.4, -0.2) is 44.8 Å². The molecule has 1 fully saturated rings. The van der Waals surface area contributed by atoms with Gasteiger partial charge in [0, 0.05) is 0 Å². The molecule has 0 radical (unpaired) electrons. The van der Waals surface area contributed by atoms with Crippen molar-refractivity contribution in [3.05, 3.63) is 63.9 Å². The molecule has 3 rings (SSSR count). The summed E-state index contributed by atoms with van der Waals surface area (Å²) in [7, 11) is 0. The zero-order valence-electron chi connectivity index (χ0n) is 16.2. The van der Waals surface area contributed by atoms with Crippen molar-refractivity contribution in [2.24, 2.45) is 5.92 Å². The van der Waals surface area contributed by atoms with Crippen LogP contribution in [0.3, 0.4) is 0 Å². The molecule has 3 nitrogen and oxygen atoms in total. The Kier molecular flexibility index (Phi) is 7.19. The van der Waals surface area contributed by atoms with Crippen molar-refractivity contribution in [2.45, 2.75) is 37.9 Å². The second kappa shape index (κ2) is 9.43. The average Bonchev–Trinajstić information content (AvgIpc) is 3.14. The van der Waals surface area contributed by atoms with Gasteiger partial charge < -0.3 is 0 Å². The van der Waals surface area contributed by atoms with Crippen molar-refractivity contribution in [3.8, 4) is 0 Å². The van der Waals surface area contributed by atoms with Gasteiger partial charge in [-0.15, -0.1) is 0 Å². The molecule has 0 amide bonds. The number of likely N-dealkylation sites (tertiary alicyclic amines) is 1. The quantitative estimate of drug-likeness (QED) is 0.630. The summed E-state index contributed by atoms with van der Waals surface area (Å²) in [6.07, 6.45) is 1.61. The van der Waals surface area contributed by atoms with E-state index in [4.69, 9.17) is 16.7 Å². The first-order chi connectivity index (χ1) is 13.4. The van der Waals surface area contributed by atoms with Crippen LogP contribution in [-0.2, 0) is 11.3 Å². The van der Waals surface area contributed by atoms with Gasteiger partial charge in [-0.05, 0) is 0 Å². The van der Waals surface area contributed by atoms with E-state index in [1.807, 2.05) is 36.1 Å². The standard InChI is InChI=1S/C22H26AsClFNO2/c1-3-18(15-7-8-20(24)14(2)11-15)23-19-6-4-5-16(21(19)25)12-26-10-9-17(13-26)22(27)28/h4-8,11,17-18,23H,3,9-10,12-13H2,1-2H3,(H,27,28). The number of carboxylic acid groups (broad SMARTS) is 1. The third kappa shape index (κ3) is 4.97. The van der Waals surface area contributed by atoms with Gasteiger partial charge in [-0.1, -0.05) is 0 Å². The number of aliphatic carboxylic acids is 1. The molecule has 1 aliphatic rings. The predicted octanol–water partition coefficient (Wildman–Crippen LogP) is 3.91. The number of benzene rings is 2. The second-order valence-electron chi connectivity index (χ2n) is 7.45. The van der Waals surface area contributed by atoms with Crippen LogP contribution in [0.2, 0.25) is 5.02 Å². The number of hydrogen-bond acceptors (Lipinski definition) is 2. The van der Waals surface area contributed by atoms with E-state index < -0.39 is 21.7 Å². The zero-order chi connectivity index (χ0) is 20.3. The van der Waals surface area contributed by atoms with E-state index in [1.54, 1.807) is 0 Å². The van der Waals surface area contributed by atoms with Crippen LogP contribution in [0.5, 0.6) is 0 Å². The molecule has 150 valence electrons. The third-order valence-electron chi connectivity index (χ3n) is 5.42. The van der Waals surface area contributed by atoms with Gasteiger partial charge in [-0.2, -0.15) is 0 Å². The Hall–Kier alpha value is -1.35. The van der Waals surface area contributed by atoms with Crippen LogP contribution in [0, 0.1) is 18.7 Å². The molecule has 3 atom stereocenters. The Balaban J connectivity index is 1.74. The summed E-state index contributed by atoms with van der Waals surface area (Å²) < 4.78 is 16.4. The molecule has 0 bridgehead atoms. The van der Waals surface area contributed by atoms with Crippen molar-refractivity contribution in [1.29, 1.82) is 0 Å². The molecule has 2 aromatic rings. The molecule has 1 heterocycles. The Morgan fingerprint density at radius 2 is 2.18 bits per heavy atom. The van der Waals surface area contributed by atoms with Gasteiger partial charge in [0.15, 0.2) is 0 Å². The fourth-order valence-corrected chi connectivity index (χ4v) is 6.79. The maximum absolute atomic E-state index is 15.2. The van der Waals surface area contributed by atoms with E-state index in [0.29, 0.717) is 36.3 Å². The zero-order valence-corrected chi connectivity index (χ0v) is 19.1. The molecule has 0 aromatic heterocycles. The summed E-state index contributed by atoms with van der Waals surface area (Å²) in [6, 6.07) is 11.8. The summed E-state index contributed by atoms with van der Waals surface area (Å²) in [5.41, 5.74) is 2.97. The monoisotopic (exact) mass is 465 g/mol. The van der Waals surface area contributed by atoms with Crippen LogP contribution in [0.15, 0.2) is 36.4 Å². The number of rotatable bonds is 7. The number of carbonyl (C=O) groups is 1. The van der Waals surface area contributed by atoms with E-state index in [9.17, 15) is 4.79 Å². The summed E-state index contributed by atoms with van der Waals surface area (Å²) in [6.45, 7) is 5.83. The van der Waals surface area contributed by atoms with Crippen LogP contribution in [0.25, 0.3) is 0 Å². The molecule has 1 aliphatic heterocycles. The van der Waals surface area contributed by atoms with Gasteiger partial charge in [0.25, 0.3) is 0 Å². The molecule has 0 spiro atoms. The molecular formula is C22H26AsClFNO2. The van der Waals surface area contributed by atoms with E-state index in [-0.39, 0.29) is 11.7 Å². The van der Waals surface area contributed by atoms with E-state index >= 15 is 4.39 Å². The Morgan fingerprint density at radius 1 is 1.39 bits per heavy atom. The SMILES string of the molecule is CCC([AsH]c1cccc(CN2CCC(C(=O)O)C2)c1F)c1ccc(Cl)c(C)c1. The van der Waals surface area contributed by atoms with Crippen molar-refractivity contribution in [2.75, 3.05) is 13.1 Å². The first-order valence-corrected chi connectivity index (χ1v) is 12.3.